The first-order chi connectivity index (χ1) is 8.60. The maximum atomic E-state index is 13.3. The van der Waals surface area contributed by atoms with E-state index in [2.05, 4.69) is 37.3 Å². The van der Waals surface area contributed by atoms with E-state index in [0.29, 0.717) is 0 Å². The van der Waals surface area contributed by atoms with Gasteiger partial charge in [0.05, 0.1) is 6.04 Å². The molecule has 0 bridgehead atoms. The van der Waals surface area contributed by atoms with Crippen molar-refractivity contribution in [2.24, 2.45) is 5.84 Å². The number of hydrogen-bond donors (Lipinski definition) is 2. The third kappa shape index (κ3) is 3.17. The molecular formula is C13H11Br2FN2. The maximum Gasteiger partial charge on any atom is 0.123 e. The molecule has 0 spiro atoms. The van der Waals surface area contributed by atoms with Gasteiger partial charge in [-0.05, 0) is 41.5 Å². The predicted molar refractivity (Wildman–Crippen MR) is 77.4 cm³/mol. The van der Waals surface area contributed by atoms with E-state index in [1.165, 1.54) is 12.1 Å². The van der Waals surface area contributed by atoms with E-state index in [1.54, 1.807) is 6.07 Å². The minimum Gasteiger partial charge on any atom is -0.271 e. The van der Waals surface area contributed by atoms with E-state index in [9.17, 15) is 4.39 Å². The molecule has 1 atom stereocenters. The van der Waals surface area contributed by atoms with Crippen LogP contribution in [-0.4, -0.2) is 0 Å². The van der Waals surface area contributed by atoms with Crippen molar-refractivity contribution in [1.29, 1.82) is 0 Å². The van der Waals surface area contributed by atoms with Gasteiger partial charge in [0.15, 0.2) is 0 Å². The number of hydrogen-bond acceptors (Lipinski definition) is 2. The number of hydrazine groups is 1. The number of benzene rings is 2. The molecule has 2 aromatic carbocycles. The van der Waals surface area contributed by atoms with Crippen LogP contribution in [0.4, 0.5) is 4.39 Å². The van der Waals surface area contributed by atoms with Gasteiger partial charge in [-0.25, -0.2) is 9.82 Å². The first-order valence-electron chi connectivity index (χ1n) is 5.28. The molecule has 0 radical (unpaired) electrons. The molecule has 0 aliphatic rings. The van der Waals surface area contributed by atoms with Gasteiger partial charge in [-0.3, -0.25) is 5.84 Å². The van der Waals surface area contributed by atoms with Gasteiger partial charge in [0.25, 0.3) is 0 Å². The normalized spacial score (nSPS) is 12.4. The Morgan fingerprint density at radius 3 is 2.22 bits per heavy atom. The van der Waals surface area contributed by atoms with Crippen LogP contribution in [0.5, 0.6) is 0 Å². The van der Waals surface area contributed by atoms with Crippen molar-refractivity contribution in [3.8, 4) is 0 Å². The van der Waals surface area contributed by atoms with E-state index in [1.807, 2.05) is 24.3 Å². The van der Waals surface area contributed by atoms with Crippen LogP contribution < -0.4 is 11.3 Å². The third-order valence-electron chi connectivity index (χ3n) is 2.57. The fourth-order valence-corrected chi connectivity index (χ4v) is 3.14. The first-order valence-corrected chi connectivity index (χ1v) is 6.86. The fraction of sp³-hybridized carbons (Fsp3) is 0.0769. The van der Waals surface area contributed by atoms with E-state index < -0.39 is 0 Å². The summed E-state index contributed by atoms with van der Waals surface area (Å²) in [6, 6.07) is 12.0. The van der Waals surface area contributed by atoms with Crippen LogP contribution in [0.3, 0.4) is 0 Å². The van der Waals surface area contributed by atoms with Crippen molar-refractivity contribution in [3.05, 3.63) is 68.4 Å². The summed E-state index contributed by atoms with van der Waals surface area (Å²) in [5, 5.41) is 0. The van der Waals surface area contributed by atoms with Gasteiger partial charge in [0.1, 0.15) is 5.82 Å². The second kappa shape index (κ2) is 5.93. The highest BCUT2D eigenvalue weighted by Crippen LogP contribution is 2.28. The molecule has 18 heavy (non-hydrogen) atoms. The zero-order valence-corrected chi connectivity index (χ0v) is 12.5. The summed E-state index contributed by atoms with van der Waals surface area (Å²) in [7, 11) is 0. The molecule has 0 aliphatic heterocycles. The Hall–Kier alpha value is -0.750. The standard InChI is InChI=1S/C13H11Br2FN2/c14-10-4-9(5-11(15)7-10)13(18-17)8-2-1-3-12(16)6-8/h1-7,13,18H,17H2. The molecule has 0 amide bonds. The summed E-state index contributed by atoms with van der Waals surface area (Å²) in [4.78, 5) is 0. The lowest BCUT2D eigenvalue weighted by molar-refractivity contribution is 0.605. The van der Waals surface area contributed by atoms with Crippen molar-refractivity contribution in [2.75, 3.05) is 0 Å². The number of halogens is 3. The molecule has 0 saturated carbocycles. The third-order valence-corrected chi connectivity index (χ3v) is 3.48. The Labute approximate surface area is 122 Å². The molecule has 3 N–H and O–H groups in total. The van der Waals surface area contributed by atoms with Crippen molar-refractivity contribution in [1.82, 2.24) is 5.43 Å². The summed E-state index contributed by atoms with van der Waals surface area (Å²) in [6.45, 7) is 0. The highest BCUT2D eigenvalue weighted by molar-refractivity contribution is 9.11. The smallest absolute Gasteiger partial charge is 0.123 e. The van der Waals surface area contributed by atoms with Gasteiger partial charge in [-0.15, -0.1) is 0 Å². The van der Waals surface area contributed by atoms with E-state index in [-0.39, 0.29) is 11.9 Å². The Kier molecular flexibility index (Phi) is 4.50. The molecule has 94 valence electrons. The van der Waals surface area contributed by atoms with E-state index >= 15 is 0 Å². The molecule has 0 saturated heterocycles. The highest BCUT2D eigenvalue weighted by Gasteiger charge is 2.14. The van der Waals surface area contributed by atoms with Gasteiger partial charge in [-0.2, -0.15) is 0 Å². The second-order valence-electron chi connectivity index (χ2n) is 3.86. The molecule has 2 rings (SSSR count). The molecule has 5 heteroatoms. The largest absolute Gasteiger partial charge is 0.271 e. The summed E-state index contributed by atoms with van der Waals surface area (Å²) >= 11 is 6.85. The highest BCUT2D eigenvalue weighted by atomic mass is 79.9. The molecule has 2 aromatic rings. The SMILES string of the molecule is NNC(c1cccc(F)c1)c1cc(Br)cc(Br)c1. The van der Waals surface area contributed by atoms with Crippen LogP contribution in [0.1, 0.15) is 17.2 Å². The van der Waals surface area contributed by atoms with Gasteiger partial charge in [0, 0.05) is 8.95 Å². The Bertz CT molecular complexity index is 540. The van der Waals surface area contributed by atoms with E-state index in [0.717, 1.165) is 20.1 Å². The quantitative estimate of drug-likeness (QED) is 0.632. The van der Waals surface area contributed by atoms with Gasteiger partial charge in [0.2, 0.25) is 0 Å². The molecule has 0 fully saturated rings. The minimum absolute atomic E-state index is 0.255. The summed E-state index contributed by atoms with van der Waals surface area (Å²) in [6.07, 6.45) is 0. The van der Waals surface area contributed by atoms with E-state index in [4.69, 9.17) is 5.84 Å². The van der Waals surface area contributed by atoms with Gasteiger partial charge < -0.3 is 0 Å². The molecule has 0 aromatic heterocycles. The number of nitrogens with two attached hydrogens (primary N) is 1. The van der Waals surface area contributed by atoms with Crippen molar-refractivity contribution >= 4 is 31.9 Å². The monoisotopic (exact) mass is 372 g/mol. The number of nitrogens with one attached hydrogen (secondary N) is 1. The molecular weight excluding hydrogens is 363 g/mol. The van der Waals surface area contributed by atoms with Gasteiger partial charge >= 0.3 is 0 Å². The Morgan fingerprint density at radius 1 is 1.00 bits per heavy atom. The Morgan fingerprint density at radius 2 is 1.67 bits per heavy atom. The number of rotatable bonds is 3. The summed E-state index contributed by atoms with van der Waals surface area (Å²) < 4.78 is 15.1. The van der Waals surface area contributed by atoms with Crippen LogP contribution in [0.15, 0.2) is 51.4 Å². The fourth-order valence-electron chi connectivity index (χ4n) is 1.81. The zero-order valence-electron chi connectivity index (χ0n) is 9.33. The molecule has 0 aliphatic carbocycles. The van der Waals surface area contributed by atoms with Gasteiger partial charge in [-0.1, -0.05) is 44.0 Å². The Balaban J connectivity index is 2.45. The topological polar surface area (TPSA) is 38.0 Å². The first kappa shape index (κ1) is 13.7. The minimum atomic E-state index is -0.276. The maximum absolute atomic E-state index is 13.3. The van der Waals surface area contributed by atoms with Crippen molar-refractivity contribution in [3.63, 3.8) is 0 Å². The van der Waals surface area contributed by atoms with Crippen molar-refractivity contribution < 1.29 is 4.39 Å². The lowest BCUT2D eigenvalue weighted by atomic mass is 9.99. The summed E-state index contributed by atoms with van der Waals surface area (Å²) in [5.74, 6) is 5.31. The molecule has 2 nitrogen and oxygen atoms in total. The van der Waals surface area contributed by atoms with Crippen LogP contribution in [0.2, 0.25) is 0 Å². The molecule has 1 unspecified atom stereocenters. The lowest BCUT2D eigenvalue weighted by Gasteiger charge is -2.17. The van der Waals surface area contributed by atoms with Crippen LogP contribution in [0, 0.1) is 5.82 Å². The zero-order chi connectivity index (χ0) is 13.1. The summed E-state index contributed by atoms with van der Waals surface area (Å²) in [5.41, 5.74) is 4.44. The predicted octanol–water partition coefficient (Wildman–Crippen LogP) is 3.90. The van der Waals surface area contributed by atoms with Crippen LogP contribution in [-0.2, 0) is 0 Å². The lowest BCUT2D eigenvalue weighted by Crippen LogP contribution is -2.28. The van der Waals surface area contributed by atoms with Crippen LogP contribution in [0.25, 0.3) is 0 Å². The van der Waals surface area contributed by atoms with Crippen molar-refractivity contribution in [2.45, 2.75) is 6.04 Å². The molecule has 0 heterocycles. The average molecular weight is 374 g/mol. The average Bonchev–Trinajstić information content (AvgIpc) is 2.28. The van der Waals surface area contributed by atoms with Crippen LogP contribution >= 0.6 is 31.9 Å². The second-order valence-corrected chi connectivity index (χ2v) is 5.69.